The lowest BCUT2D eigenvalue weighted by Gasteiger charge is -2.34. The second-order valence-electron chi connectivity index (χ2n) is 5.56. The van der Waals surface area contributed by atoms with Crippen molar-refractivity contribution in [2.75, 3.05) is 26.2 Å². The molecule has 1 aromatic heterocycles. The van der Waals surface area contributed by atoms with Crippen molar-refractivity contribution in [3.63, 3.8) is 0 Å². The van der Waals surface area contributed by atoms with Crippen LogP contribution in [0.15, 0.2) is 4.52 Å². The molecule has 0 radical (unpaired) electrons. The van der Waals surface area contributed by atoms with E-state index >= 15 is 0 Å². The number of aromatic nitrogens is 2. The number of nitrogens with one attached hydrogen (secondary N) is 1. The Morgan fingerprint density at radius 1 is 1.35 bits per heavy atom. The van der Waals surface area contributed by atoms with Gasteiger partial charge in [0.1, 0.15) is 6.61 Å². The van der Waals surface area contributed by atoms with E-state index in [0.29, 0.717) is 31.1 Å². The molecule has 0 aromatic carbocycles. The van der Waals surface area contributed by atoms with Crippen LogP contribution in [0.4, 0.5) is 0 Å². The molecule has 0 bridgehead atoms. The summed E-state index contributed by atoms with van der Waals surface area (Å²) in [6, 6.07) is 0.965. The van der Waals surface area contributed by atoms with Crippen molar-refractivity contribution in [2.45, 2.75) is 51.3 Å². The van der Waals surface area contributed by atoms with Crippen LogP contribution in [0.3, 0.4) is 0 Å². The summed E-state index contributed by atoms with van der Waals surface area (Å²) in [5.74, 6) is 1.44. The predicted octanol–water partition coefficient (Wildman–Crippen LogP) is 1.49. The molecule has 1 atom stereocenters. The van der Waals surface area contributed by atoms with Crippen LogP contribution < -0.4 is 5.32 Å². The van der Waals surface area contributed by atoms with E-state index in [1.165, 1.54) is 19.3 Å². The summed E-state index contributed by atoms with van der Waals surface area (Å²) < 4.78 is 10.8. The van der Waals surface area contributed by atoms with Crippen molar-refractivity contribution in [2.24, 2.45) is 0 Å². The van der Waals surface area contributed by atoms with Gasteiger partial charge in [-0.15, -0.1) is 0 Å². The molecule has 112 valence electrons. The number of piperidine rings is 1. The maximum absolute atomic E-state index is 5.47. The molecule has 2 aliphatic heterocycles. The third kappa shape index (κ3) is 3.02. The summed E-state index contributed by atoms with van der Waals surface area (Å²) in [6.07, 6.45) is 4.78. The van der Waals surface area contributed by atoms with E-state index in [1.54, 1.807) is 0 Å². The lowest BCUT2D eigenvalue weighted by molar-refractivity contribution is 0.123. The number of nitrogens with zero attached hydrogens (tertiary/aromatic N) is 3. The summed E-state index contributed by atoms with van der Waals surface area (Å²) in [5, 5.41) is 7.45. The quantitative estimate of drug-likeness (QED) is 0.882. The molecular weight excluding hydrogens is 256 g/mol. The van der Waals surface area contributed by atoms with Crippen LogP contribution in [0.2, 0.25) is 0 Å². The second-order valence-corrected chi connectivity index (χ2v) is 5.56. The molecule has 2 aliphatic rings. The van der Waals surface area contributed by atoms with Gasteiger partial charge in [-0.05, 0) is 52.2 Å². The summed E-state index contributed by atoms with van der Waals surface area (Å²) in [6.45, 7) is 6.48. The highest BCUT2D eigenvalue weighted by molar-refractivity contribution is 4.98. The summed E-state index contributed by atoms with van der Waals surface area (Å²) in [7, 11) is 0. The summed E-state index contributed by atoms with van der Waals surface area (Å²) >= 11 is 0. The van der Waals surface area contributed by atoms with E-state index in [-0.39, 0.29) is 0 Å². The van der Waals surface area contributed by atoms with Gasteiger partial charge in [0.25, 0.3) is 0 Å². The molecule has 0 spiro atoms. The van der Waals surface area contributed by atoms with Crippen LogP contribution >= 0.6 is 0 Å². The van der Waals surface area contributed by atoms with Gasteiger partial charge in [-0.1, -0.05) is 5.16 Å². The van der Waals surface area contributed by atoms with Crippen molar-refractivity contribution < 1.29 is 9.26 Å². The van der Waals surface area contributed by atoms with Gasteiger partial charge in [0, 0.05) is 12.6 Å². The zero-order valence-electron chi connectivity index (χ0n) is 12.2. The van der Waals surface area contributed by atoms with Gasteiger partial charge in [0.2, 0.25) is 5.89 Å². The third-order valence-corrected chi connectivity index (χ3v) is 4.28. The maximum Gasteiger partial charge on any atom is 0.244 e. The molecule has 2 saturated heterocycles. The fourth-order valence-corrected chi connectivity index (χ4v) is 3.28. The van der Waals surface area contributed by atoms with Crippen molar-refractivity contribution in [1.82, 2.24) is 20.4 Å². The van der Waals surface area contributed by atoms with E-state index in [0.717, 1.165) is 31.9 Å². The predicted molar refractivity (Wildman–Crippen MR) is 74.2 cm³/mol. The van der Waals surface area contributed by atoms with E-state index < -0.39 is 0 Å². The van der Waals surface area contributed by atoms with Crippen molar-refractivity contribution in [3.05, 3.63) is 11.7 Å². The highest BCUT2D eigenvalue weighted by Gasteiger charge is 2.35. The maximum atomic E-state index is 5.47. The van der Waals surface area contributed by atoms with Crippen molar-refractivity contribution in [3.8, 4) is 0 Å². The monoisotopic (exact) mass is 280 g/mol. The first kappa shape index (κ1) is 14.0. The normalized spacial score (nSPS) is 25.4. The lowest BCUT2D eigenvalue weighted by Crippen LogP contribution is -2.42. The Kier molecular flexibility index (Phi) is 4.65. The fraction of sp³-hybridized carbons (Fsp3) is 0.857. The molecule has 0 aliphatic carbocycles. The lowest BCUT2D eigenvalue weighted by atomic mass is 10.0. The zero-order chi connectivity index (χ0) is 13.8. The van der Waals surface area contributed by atoms with Gasteiger partial charge in [-0.25, -0.2) is 0 Å². The van der Waals surface area contributed by atoms with Crippen LogP contribution in [-0.2, 0) is 11.3 Å². The highest BCUT2D eigenvalue weighted by atomic mass is 16.5. The SMILES string of the molecule is CCOCc1noc(C2CCCN2C2CCNCC2)n1. The first-order valence-corrected chi connectivity index (χ1v) is 7.75. The van der Waals surface area contributed by atoms with Gasteiger partial charge < -0.3 is 14.6 Å². The molecule has 3 rings (SSSR count). The van der Waals surface area contributed by atoms with Crippen LogP contribution in [0.25, 0.3) is 0 Å². The zero-order valence-corrected chi connectivity index (χ0v) is 12.2. The minimum absolute atomic E-state index is 0.306. The molecule has 6 nitrogen and oxygen atoms in total. The molecule has 1 aromatic rings. The molecule has 3 heterocycles. The molecule has 0 amide bonds. The Morgan fingerprint density at radius 3 is 3.00 bits per heavy atom. The number of ether oxygens (including phenoxy) is 1. The minimum atomic E-state index is 0.306. The first-order chi connectivity index (χ1) is 9.88. The van der Waals surface area contributed by atoms with E-state index in [2.05, 4.69) is 20.4 Å². The molecular formula is C14H24N4O2. The summed E-state index contributed by atoms with van der Waals surface area (Å²) in [4.78, 5) is 7.08. The van der Waals surface area contributed by atoms with Gasteiger partial charge in [0.15, 0.2) is 5.82 Å². The van der Waals surface area contributed by atoms with Gasteiger partial charge in [-0.3, -0.25) is 4.90 Å². The average Bonchev–Trinajstić information content (AvgIpc) is 3.14. The molecule has 0 saturated carbocycles. The van der Waals surface area contributed by atoms with Crippen LogP contribution in [0.1, 0.15) is 50.4 Å². The average molecular weight is 280 g/mol. The van der Waals surface area contributed by atoms with Crippen LogP contribution in [0.5, 0.6) is 0 Å². The Bertz CT molecular complexity index is 417. The second kappa shape index (κ2) is 6.65. The largest absolute Gasteiger partial charge is 0.374 e. The smallest absolute Gasteiger partial charge is 0.244 e. The van der Waals surface area contributed by atoms with E-state index in [9.17, 15) is 0 Å². The molecule has 2 fully saturated rings. The van der Waals surface area contributed by atoms with Gasteiger partial charge in [-0.2, -0.15) is 4.98 Å². The number of likely N-dealkylation sites (tertiary alicyclic amines) is 1. The first-order valence-electron chi connectivity index (χ1n) is 7.75. The van der Waals surface area contributed by atoms with E-state index in [4.69, 9.17) is 9.26 Å². The van der Waals surface area contributed by atoms with Gasteiger partial charge >= 0.3 is 0 Å². The van der Waals surface area contributed by atoms with Crippen LogP contribution in [0, 0.1) is 0 Å². The number of hydrogen-bond donors (Lipinski definition) is 1. The topological polar surface area (TPSA) is 63.4 Å². The number of hydrogen-bond acceptors (Lipinski definition) is 6. The Balaban J connectivity index is 1.66. The molecule has 6 heteroatoms. The Labute approximate surface area is 119 Å². The fourth-order valence-electron chi connectivity index (χ4n) is 3.28. The minimum Gasteiger partial charge on any atom is -0.374 e. The molecule has 20 heavy (non-hydrogen) atoms. The van der Waals surface area contributed by atoms with E-state index in [1.807, 2.05) is 6.92 Å². The Morgan fingerprint density at radius 2 is 2.20 bits per heavy atom. The molecule has 1 N–H and O–H groups in total. The Hall–Kier alpha value is -0.980. The van der Waals surface area contributed by atoms with Gasteiger partial charge in [0.05, 0.1) is 6.04 Å². The highest BCUT2D eigenvalue weighted by Crippen LogP contribution is 2.34. The summed E-state index contributed by atoms with van der Waals surface area (Å²) in [5.41, 5.74) is 0. The number of rotatable bonds is 5. The van der Waals surface area contributed by atoms with Crippen molar-refractivity contribution in [1.29, 1.82) is 0 Å². The van der Waals surface area contributed by atoms with Crippen molar-refractivity contribution >= 4 is 0 Å². The molecule has 1 unspecified atom stereocenters. The standard InChI is InChI=1S/C14H24N4O2/c1-2-19-10-13-16-14(20-17-13)12-4-3-9-18(12)11-5-7-15-8-6-11/h11-12,15H,2-10H2,1H3. The third-order valence-electron chi connectivity index (χ3n) is 4.28. The van der Waals surface area contributed by atoms with Crippen LogP contribution in [-0.4, -0.2) is 47.3 Å².